The fourth-order valence-corrected chi connectivity index (χ4v) is 12.1. The number of fused-ring (bicyclic) bond motifs is 5. The second-order valence-electron chi connectivity index (χ2n) is 18.6. The lowest BCUT2D eigenvalue weighted by atomic mass is 9.43. The van der Waals surface area contributed by atoms with Crippen molar-refractivity contribution in [2.45, 2.75) is 180 Å². The van der Waals surface area contributed by atoms with Crippen LogP contribution in [0.4, 0.5) is 0 Å². The van der Waals surface area contributed by atoms with Crippen LogP contribution in [0.5, 0.6) is 0 Å². The van der Waals surface area contributed by atoms with Gasteiger partial charge in [0, 0.05) is 31.6 Å². The Bertz CT molecular complexity index is 1610. The lowest BCUT2D eigenvalue weighted by Crippen LogP contribution is -2.60. The van der Waals surface area contributed by atoms with Crippen LogP contribution >= 0.6 is 0 Å². The van der Waals surface area contributed by atoms with Crippen molar-refractivity contribution in [3.8, 4) is 0 Å². The first-order valence-electron chi connectivity index (χ1n) is 21.7. The van der Waals surface area contributed by atoms with Gasteiger partial charge in [0.1, 0.15) is 12.2 Å². The highest BCUT2D eigenvalue weighted by molar-refractivity contribution is 6.02. The number of aliphatic hydroxyl groups is 1. The van der Waals surface area contributed by atoms with Crippen molar-refractivity contribution in [1.82, 2.24) is 10.1 Å². The van der Waals surface area contributed by atoms with Gasteiger partial charge in [0.2, 0.25) is 0 Å². The molecule has 2 heterocycles. The molecule has 0 aromatic heterocycles. The highest BCUT2D eigenvalue weighted by Gasteiger charge is 2.64. The summed E-state index contributed by atoms with van der Waals surface area (Å²) in [6.07, 6.45) is 8.84. The van der Waals surface area contributed by atoms with E-state index in [4.69, 9.17) is 19.1 Å². The molecule has 0 bridgehead atoms. The molecular formula is C43H62N2O13. The quantitative estimate of drug-likeness (QED) is 0.115. The molecule has 4 amide bonds. The van der Waals surface area contributed by atoms with E-state index < -0.39 is 65.3 Å². The Morgan fingerprint density at radius 2 is 1.17 bits per heavy atom. The number of amides is 4. The maximum absolute atomic E-state index is 13.5. The topological polar surface area (TPSA) is 200 Å². The van der Waals surface area contributed by atoms with Crippen molar-refractivity contribution < 1.29 is 62.6 Å². The Morgan fingerprint density at radius 1 is 0.655 bits per heavy atom. The van der Waals surface area contributed by atoms with E-state index in [-0.39, 0.29) is 80.0 Å². The van der Waals surface area contributed by atoms with Crippen molar-refractivity contribution in [1.29, 1.82) is 0 Å². The van der Waals surface area contributed by atoms with Crippen molar-refractivity contribution in [2.75, 3.05) is 0 Å². The van der Waals surface area contributed by atoms with Crippen LogP contribution in [0, 0.1) is 40.4 Å². The third kappa shape index (κ3) is 9.13. The molecule has 6 aliphatic rings. The van der Waals surface area contributed by atoms with Crippen molar-refractivity contribution >= 4 is 47.5 Å². The van der Waals surface area contributed by atoms with Crippen LogP contribution in [0.25, 0.3) is 0 Å². The summed E-state index contributed by atoms with van der Waals surface area (Å²) in [7, 11) is 0. The van der Waals surface area contributed by atoms with Crippen molar-refractivity contribution in [2.24, 2.45) is 40.4 Å². The second-order valence-corrected chi connectivity index (χ2v) is 18.6. The first kappa shape index (κ1) is 43.7. The average molecular weight is 815 g/mol. The first-order chi connectivity index (χ1) is 27.5. The minimum absolute atomic E-state index is 0.0365. The molecule has 4 aliphatic carbocycles. The SMILES string of the molecule is CCCCCC[C@](C)(O)[C@H]1CC[C@H]2[C@@H]3C[C@H](OC(=O)CCC(=O)ON4C(=O)CCC4=O)[C@H]4C[C@@H](OC(=O)CCC(=O)ON5C(=O)CCC5=O)CC[C@]4(C)[C@H]3CC[C@@]21C. The van der Waals surface area contributed by atoms with Gasteiger partial charge in [0.05, 0.1) is 31.3 Å². The third-order valence-corrected chi connectivity index (χ3v) is 14.9. The lowest BCUT2D eigenvalue weighted by Gasteiger charge is -2.63. The van der Waals surface area contributed by atoms with Gasteiger partial charge in [0.15, 0.2) is 0 Å². The molecule has 0 aromatic carbocycles. The number of carbonyl (C=O) groups is 8. The van der Waals surface area contributed by atoms with E-state index in [1.165, 1.54) is 0 Å². The number of hydrogen-bond acceptors (Lipinski definition) is 13. The lowest BCUT2D eigenvalue weighted by molar-refractivity contribution is -0.203. The van der Waals surface area contributed by atoms with Crippen LogP contribution in [0.15, 0.2) is 0 Å². The Morgan fingerprint density at radius 3 is 1.74 bits per heavy atom. The predicted molar refractivity (Wildman–Crippen MR) is 203 cm³/mol. The third-order valence-electron chi connectivity index (χ3n) is 14.9. The number of carbonyl (C=O) groups excluding carboxylic acids is 8. The highest BCUT2D eigenvalue weighted by atomic mass is 16.7. The van der Waals surface area contributed by atoms with Gasteiger partial charge in [-0.25, -0.2) is 9.59 Å². The molecule has 4 saturated carbocycles. The number of nitrogens with zero attached hydrogens (tertiary/aromatic N) is 2. The Kier molecular flexibility index (Phi) is 13.4. The van der Waals surface area contributed by atoms with Crippen LogP contribution < -0.4 is 0 Å². The van der Waals surface area contributed by atoms with Crippen LogP contribution in [-0.4, -0.2) is 80.5 Å². The molecule has 2 saturated heterocycles. The summed E-state index contributed by atoms with van der Waals surface area (Å²) >= 11 is 0. The summed E-state index contributed by atoms with van der Waals surface area (Å²) in [6, 6.07) is 0. The fourth-order valence-electron chi connectivity index (χ4n) is 12.1. The van der Waals surface area contributed by atoms with E-state index in [0.717, 1.165) is 64.2 Å². The highest BCUT2D eigenvalue weighted by Crippen LogP contribution is 2.69. The standard InChI is InChI=1S/C43H62N2O13/c1-5-6-7-8-21-43(4,54)32-10-9-28-27-25-31(56-38(51)16-18-40(53)58-45-35(48)13-14-36(45)49)30-24-26(19-22-41(30,2)29(27)20-23-42(28,32)3)55-37(50)15-17-39(52)57-44-33(46)11-12-34(44)47/h26-32,54H,5-25H2,1-4H3/t26-,27-,28-,29-,30+,31-,32-,41+,42-,43-/m0/s1. The van der Waals surface area contributed by atoms with Crippen molar-refractivity contribution in [3.05, 3.63) is 0 Å². The van der Waals surface area contributed by atoms with Gasteiger partial charge in [-0.2, -0.15) is 0 Å². The van der Waals surface area contributed by atoms with Crippen LogP contribution in [-0.2, 0) is 57.5 Å². The second kappa shape index (κ2) is 17.8. The van der Waals surface area contributed by atoms with Crippen molar-refractivity contribution in [3.63, 3.8) is 0 Å². The molecule has 6 fully saturated rings. The predicted octanol–water partition coefficient (Wildman–Crippen LogP) is 5.58. The largest absolute Gasteiger partial charge is 0.462 e. The van der Waals surface area contributed by atoms with Crippen LogP contribution in [0.2, 0.25) is 0 Å². The number of hydroxylamine groups is 4. The minimum Gasteiger partial charge on any atom is -0.462 e. The zero-order valence-electron chi connectivity index (χ0n) is 34.6. The van der Waals surface area contributed by atoms with E-state index in [2.05, 4.69) is 20.8 Å². The molecule has 58 heavy (non-hydrogen) atoms. The minimum atomic E-state index is -0.888. The smallest absolute Gasteiger partial charge is 0.333 e. The van der Waals surface area contributed by atoms with Gasteiger partial charge in [-0.05, 0) is 99.2 Å². The van der Waals surface area contributed by atoms with Gasteiger partial charge >= 0.3 is 23.9 Å². The summed E-state index contributed by atoms with van der Waals surface area (Å²) in [5.41, 5.74) is -1.12. The number of rotatable bonds is 16. The molecule has 10 atom stereocenters. The summed E-state index contributed by atoms with van der Waals surface area (Å²) in [5.74, 6) is -4.55. The number of hydrogen-bond donors (Lipinski definition) is 1. The molecule has 0 unspecified atom stereocenters. The fraction of sp³-hybridized carbons (Fsp3) is 0.814. The molecule has 322 valence electrons. The van der Waals surface area contributed by atoms with E-state index in [1.54, 1.807) is 0 Å². The van der Waals surface area contributed by atoms with Gasteiger partial charge < -0.3 is 24.3 Å². The monoisotopic (exact) mass is 814 g/mol. The number of unbranched alkanes of at least 4 members (excludes halogenated alkanes) is 3. The number of imide groups is 2. The first-order valence-corrected chi connectivity index (χ1v) is 21.7. The summed E-state index contributed by atoms with van der Waals surface area (Å²) in [5, 5.41) is 12.9. The Balaban J connectivity index is 1.13. The Labute approximate surface area is 340 Å². The summed E-state index contributed by atoms with van der Waals surface area (Å²) in [6.45, 7) is 8.83. The molecule has 0 spiro atoms. The number of ether oxygens (including phenoxy) is 2. The molecule has 6 rings (SSSR count). The average Bonchev–Trinajstić information content (AvgIpc) is 3.81. The maximum atomic E-state index is 13.5. The summed E-state index contributed by atoms with van der Waals surface area (Å²) < 4.78 is 12.2. The summed E-state index contributed by atoms with van der Waals surface area (Å²) in [4.78, 5) is 109. The molecule has 15 nitrogen and oxygen atoms in total. The van der Waals surface area contributed by atoms with Gasteiger partial charge in [-0.3, -0.25) is 28.8 Å². The van der Waals surface area contributed by atoms with E-state index in [1.807, 2.05) is 6.92 Å². The molecule has 1 N–H and O–H groups in total. The molecule has 0 radical (unpaired) electrons. The maximum Gasteiger partial charge on any atom is 0.333 e. The zero-order valence-corrected chi connectivity index (χ0v) is 34.6. The van der Waals surface area contributed by atoms with E-state index in [9.17, 15) is 43.5 Å². The molecular weight excluding hydrogens is 752 g/mol. The molecule has 15 heteroatoms. The van der Waals surface area contributed by atoms with Gasteiger partial charge in [-0.15, -0.1) is 10.1 Å². The van der Waals surface area contributed by atoms with E-state index in [0.29, 0.717) is 41.2 Å². The normalized spacial score (nSPS) is 34.2. The van der Waals surface area contributed by atoms with Crippen LogP contribution in [0.3, 0.4) is 0 Å². The molecule has 2 aliphatic heterocycles. The zero-order chi connectivity index (χ0) is 42.0. The van der Waals surface area contributed by atoms with Gasteiger partial charge in [-0.1, -0.05) is 46.5 Å². The van der Waals surface area contributed by atoms with Gasteiger partial charge in [0.25, 0.3) is 23.6 Å². The van der Waals surface area contributed by atoms with E-state index >= 15 is 0 Å². The molecule has 0 aromatic rings. The number of esters is 2. The Hall–Kier alpha value is -3.88. The van der Waals surface area contributed by atoms with Crippen LogP contribution in [0.1, 0.15) is 163 Å².